The Balaban J connectivity index is 2.04. The van der Waals surface area contributed by atoms with Gasteiger partial charge in [-0.2, -0.15) is 0 Å². The number of anilines is 1. The van der Waals surface area contributed by atoms with E-state index in [0.717, 1.165) is 25.3 Å². The third-order valence-corrected chi connectivity index (χ3v) is 3.37. The van der Waals surface area contributed by atoms with Crippen molar-refractivity contribution in [1.82, 2.24) is 5.32 Å². The third-order valence-electron chi connectivity index (χ3n) is 3.37. The molecule has 98 valence electrons. The van der Waals surface area contributed by atoms with Gasteiger partial charge in [0.1, 0.15) is 0 Å². The molecule has 0 spiro atoms. The number of hydrogen-bond acceptors (Lipinski definition) is 3. The van der Waals surface area contributed by atoms with E-state index < -0.39 is 5.97 Å². The van der Waals surface area contributed by atoms with Crippen LogP contribution in [0.2, 0.25) is 0 Å². The zero-order valence-electron chi connectivity index (χ0n) is 10.7. The van der Waals surface area contributed by atoms with Crippen LogP contribution in [0.5, 0.6) is 0 Å². The molecule has 4 nitrogen and oxygen atoms in total. The second-order valence-corrected chi connectivity index (χ2v) is 4.74. The van der Waals surface area contributed by atoms with E-state index in [0.29, 0.717) is 11.6 Å². The Morgan fingerprint density at radius 2 is 2.17 bits per heavy atom. The molecule has 0 bridgehead atoms. The second-order valence-electron chi connectivity index (χ2n) is 4.74. The van der Waals surface area contributed by atoms with Gasteiger partial charge < -0.3 is 15.3 Å². The quantitative estimate of drug-likeness (QED) is 0.855. The standard InChI is InChI=1S/C14H20N2O2/c1-2-3-12-10-16(9-8-15-12)13-6-4-11(5-7-13)14(17)18/h4-7,12,15H,2-3,8-10H2,1H3,(H,17,18). The first-order chi connectivity index (χ1) is 8.70. The number of carbonyl (C=O) groups is 1. The molecule has 4 heteroatoms. The molecule has 0 amide bonds. The van der Waals surface area contributed by atoms with Gasteiger partial charge in [-0.1, -0.05) is 13.3 Å². The van der Waals surface area contributed by atoms with Gasteiger partial charge in [0.25, 0.3) is 0 Å². The fourth-order valence-electron chi connectivity index (χ4n) is 2.42. The zero-order valence-corrected chi connectivity index (χ0v) is 10.7. The Bertz CT molecular complexity index is 401. The number of nitrogens with one attached hydrogen (secondary N) is 1. The number of carboxylic acid groups (broad SMARTS) is 1. The van der Waals surface area contributed by atoms with Crippen molar-refractivity contribution in [2.24, 2.45) is 0 Å². The van der Waals surface area contributed by atoms with Crippen molar-refractivity contribution in [2.75, 3.05) is 24.5 Å². The maximum absolute atomic E-state index is 10.8. The van der Waals surface area contributed by atoms with Gasteiger partial charge in [0, 0.05) is 31.4 Å². The highest BCUT2D eigenvalue weighted by Gasteiger charge is 2.18. The molecule has 2 N–H and O–H groups in total. The number of nitrogens with zero attached hydrogens (tertiary/aromatic N) is 1. The first kappa shape index (κ1) is 12.9. The molecule has 1 atom stereocenters. The van der Waals surface area contributed by atoms with Crippen LogP contribution in [0.4, 0.5) is 5.69 Å². The molecule has 1 unspecified atom stereocenters. The van der Waals surface area contributed by atoms with Crippen molar-refractivity contribution >= 4 is 11.7 Å². The Morgan fingerprint density at radius 1 is 1.44 bits per heavy atom. The highest BCUT2D eigenvalue weighted by atomic mass is 16.4. The van der Waals surface area contributed by atoms with Gasteiger partial charge in [0.2, 0.25) is 0 Å². The lowest BCUT2D eigenvalue weighted by Crippen LogP contribution is -2.50. The summed E-state index contributed by atoms with van der Waals surface area (Å²) < 4.78 is 0. The predicted octanol–water partition coefficient (Wildman–Crippen LogP) is 1.96. The first-order valence-electron chi connectivity index (χ1n) is 6.52. The zero-order chi connectivity index (χ0) is 13.0. The summed E-state index contributed by atoms with van der Waals surface area (Å²) in [5, 5.41) is 12.4. The highest BCUT2D eigenvalue weighted by Crippen LogP contribution is 2.18. The molecule has 1 heterocycles. The monoisotopic (exact) mass is 248 g/mol. The molecule has 1 aliphatic heterocycles. The van der Waals surface area contributed by atoms with Gasteiger partial charge in [-0.15, -0.1) is 0 Å². The van der Waals surface area contributed by atoms with Crippen LogP contribution in [-0.4, -0.2) is 36.8 Å². The van der Waals surface area contributed by atoms with Gasteiger partial charge in [-0.3, -0.25) is 0 Å². The van der Waals surface area contributed by atoms with Crippen molar-refractivity contribution in [3.8, 4) is 0 Å². The summed E-state index contributed by atoms with van der Waals surface area (Å²) in [6.45, 7) is 5.17. The van der Waals surface area contributed by atoms with Gasteiger partial charge in [0.05, 0.1) is 5.56 Å². The SMILES string of the molecule is CCCC1CN(c2ccc(C(=O)O)cc2)CCN1. The first-order valence-corrected chi connectivity index (χ1v) is 6.52. The lowest BCUT2D eigenvalue weighted by molar-refractivity contribution is 0.0697. The lowest BCUT2D eigenvalue weighted by atomic mass is 10.1. The molecule has 2 rings (SSSR count). The number of hydrogen-bond donors (Lipinski definition) is 2. The largest absolute Gasteiger partial charge is 0.478 e. The fourth-order valence-corrected chi connectivity index (χ4v) is 2.42. The Labute approximate surface area is 108 Å². The summed E-state index contributed by atoms with van der Waals surface area (Å²) in [6, 6.07) is 7.70. The lowest BCUT2D eigenvalue weighted by Gasteiger charge is -2.35. The summed E-state index contributed by atoms with van der Waals surface area (Å²) in [5.41, 5.74) is 1.46. The number of aromatic carboxylic acids is 1. The number of piperazine rings is 1. The maximum Gasteiger partial charge on any atom is 0.335 e. The molecular formula is C14H20N2O2. The molecule has 0 radical (unpaired) electrons. The van der Waals surface area contributed by atoms with Crippen molar-refractivity contribution in [3.63, 3.8) is 0 Å². The van der Waals surface area contributed by atoms with Gasteiger partial charge in [0.15, 0.2) is 0 Å². The van der Waals surface area contributed by atoms with Crippen LogP contribution >= 0.6 is 0 Å². The number of rotatable bonds is 4. The molecule has 0 saturated carbocycles. The summed E-state index contributed by atoms with van der Waals surface area (Å²) in [4.78, 5) is 13.1. The Hall–Kier alpha value is -1.55. The molecule has 1 aliphatic rings. The molecule has 18 heavy (non-hydrogen) atoms. The normalized spacial score (nSPS) is 19.8. The maximum atomic E-state index is 10.8. The van der Waals surface area contributed by atoms with E-state index >= 15 is 0 Å². The molecule has 1 aromatic carbocycles. The van der Waals surface area contributed by atoms with Gasteiger partial charge in [-0.05, 0) is 30.7 Å². The number of carboxylic acids is 1. The minimum absolute atomic E-state index is 0.346. The molecule has 1 fully saturated rings. The fraction of sp³-hybridized carbons (Fsp3) is 0.500. The smallest absolute Gasteiger partial charge is 0.335 e. The molecule has 0 aliphatic carbocycles. The van der Waals surface area contributed by atoms with E-state index in [1.54, 1.807) is 12.1 Å². The van der Waals surface area contributed by atoms with Crippen molar-refractivity contribution in [2.45, 2.75) is 25.8 Å². The third kappa shape index (κ3) is 3.01. The second kappa shape index (κ2) is 5.87. The Kier molecular flexibility index (Phi) is 4.20. The van der Waals surface area contributed by atoms with Crippen LogP contribution in [0.3, 0.4) is 0 Å². The van der Waals surface area contributed by atoms with Gasteiger partial charge in [-0.25, -0.2) is 4.79 Å². The molecule has 1 saturated heterocycles. The van der Waals surface area contributed by atoms with Crippen LogP contribution in [0.25, 0.3) is 0 Å². The van der Waals surface area contributed by atoms with E-state index in [2.05, 4.69) is 17.1 Å². The summed E-state index contributed by atoms with van der Waals surface area (Å²) in [5.74, 6) is -0.870. The summed E-state index contributed by atoms with van der Waals surface area (Å²) in [6.07, 6.45) is 2.37. The average molecular weight is 248 g/mol. The van der Waals surface area contributed by atoms with Gasteiger partial charge >= 0.3 is 5.97 Å². The molecular weight excluding hydrogens is 228 g/mol. The minimum atomic E-state index is -0.870. The Morgan fingerprint density at radius 3 is 2.78 bits per heavy atom. The van der Waals surface area contributed by atoms with Crippen LogP contribution in [0.15, 0.2) is 24.3 Å². The average Bonchev–Trinajstić information content (AvgIpc) is 2.39. The predicted molar refractivity (Wildman–Crippen MR) is 72.3 cm³/mol. The minimum Gasteiger partial charge on any atom is -0.478 e. The van der Waals surface area contributed by atoms with Crippen LogP contribution in [0.1, 0.15) is 30.1 Å². The van der Waals surface area contributed by atoms with E-state index in [1.807, 2.05) is 12.1 Å². The van der Waals surface area contributed by atoms with E-state index in [4.69, 9.17) is 5.11 Å². The summed E-state index contributed by atoms with van der Waals surface area (Å²) >= 11 is 0. The highest BCUT2D eigenvalue weighted by molar-refractivity contribution is 5.88. The summed E-state index contributed by atoms with van der Waals surface area (Å²) in [7, 11) is 0. The van der Waals surface area contributed by atoms with E-state index in [-0.39, 0.29) is 0 Å². The topological polar surface area (TPSA) is 52.6 Å². The van der Waals surface area contributed by atoms with Crippen LogP contribution in [0, 0.1) is 0 Å². The van der Waals surface area contributed by atoms with Crippen LogP contribution in [-0.2, 0) is 0 Å². The molecule has 0 aromatic heterocycles. The van der Waals surface area contributed by atoms with Crippen molar-refractivity contribution in [3.05, 3.63) is 29.8 Å². The molecule has 1 aromatic rings. The van der Waals surface area contributed by atoms with Crippen molar-refractivity contribution in [1.29, 1.82) is 0 Å². The number of benzene rings is 1. The van der Waals surface area contributed by atoms with Crippen LogP contribution < -0.4 is 10.2 Å². The van der Waals surface area contributed by atoms with E-state index in [1.165, 1.54) is 12.8 Å². The van der Waals surface area contributed by atoms with E-state index in [9.17, 15) is 4.79 Å². The van der Waals surface area contributed by atoms with Crippen molar-refractivity contribution < 1.29 is 9.90 Å².